The van der Waals surface area contributed by atoms with E-state index >= 15 is 0 Å². The lowest BCUT2D eigenvalue weighted by Crippen LogP contribution is -2.40. The summed E-state index contributed by atoms with van der Waals surface area (Å²) in [6, 6.07) is 0. The highest BCUT2D eigenvalue weighted by molar-refractivity contribution is 5.81. The molecular formula is C7H13NO4. The Bertz CT molecular complexity index is 171. The van der Waals surface area contributed by atoms with Crippen molar-refractivity contribution in [2.24, 2.45) is 5.90 Å². The predicted molar refractivity (Wildman–Crippen MR) is 41.9 cm³/mol. The molecule has 0 saturated carbocycles. The normalized spacial score (nSPS) is 14.9. The van der Waals surface area contributed by atoms with Gasteiger partial charge in [0.15, 0.2) is 0 Å². The maximum atomic E-state index is 11.1. The number of hydrogen-bond donors (Lipinski definition) is 2. The van der Waals surface area contributed by atoms with Crippen LogP contribution in [0, 0.1) is 0 Å². The number of carbonyl (C=O) groups is 1. The number of carbonyl (C=O) groups excluding carboxylic acids is 1. The van der Waals surface area contributed by atoms with E-state index in [1.54, 1.807) is 0 Å². The first-order valence-electron chi connectivity index (χ1n) is 3.40. The molecule has 0 aliphatic heterocycles. The van der Waals surface area contributed by atoms with E-state index in [0.717, 1.165) is 0 Å². The van der Waals surface area contributed by atoms with Crippen LogP contribution in [0.5, 0.6) is 0 Å². The molecule has 1 unspecified atom stereocenters. The van der Waals surface area contributed by atoms with E-state index in [2.05, 4.69) is 16.2 Å². The summed E-state index contributed by atoms with van der Waals surface area (Å²) in [5.74, 6) is 4.18. The molecule has 3 N–H and O–H groups in total. The van der Waals surface area contributed by atoms with Crippen molar-refractivity contribution in [3.63, 3.8) is 0 Å². The molecule has 0 aliphatic carbocycles. The van der Waals surface area contributed by atoms with Gasteiger partial charge in [-0.1, -0.05) is 6.58 Å². The van der Waals surface area contributed by atoms with E-state index in [1.807, 2.05) is 0 Å². The Kier molecular flexibility index (Phi) is 4.50. The van der Waals surface area contributed by atoms with Crippen LogP contribution in [-0.2, 0) is 14.4 Å². The van der Waals surface area contributed by atoms with E-state index in [4.69, 9.17) is 11.0 Å². The second kappa shape index (κ2) is 4.87. The average molecular weight is 175 g/mol. The Labute approximate surface area is 70.7 Å². The lowest BCUT2D eigenvalue weighted by atomic mass is 10.1. The van der Waals surface area contributed by atoms with Gasteiger partial charge in [0.25, 0.3) is 0 Å². The second-order valence-corrected chi connectivity index (χ2v) is 2.29. The monoisotopic (exact) mass is 175 g/mol. The van der Waals surface area contributed by atoms with Crippen LogP contribution in [0.4, 0.5) is 0 Å². The van der Waals surface area contributed by atoms with Crippen molar-refractivity contribution in [1.82, 2.24) is 0 Å². The summed E-state index contributed by atoms with van der Waals surface area (Å²) in [6.45, 7) is 4.47. The summed E-state index contributed by atoms with van der Waals surface area (Å²) in [4.78, 5) is 15.4. The Hall–Kier alpha value is -0.910. The summed E-state index contributed by atoms with van der Waals surface area (Å²) < 4.78 is 4.57. The highest BCUT2D eigenvalue weighted by Crippen LogP contribution is 2.10. The van der Waals surface area contributed by atoms with E-state index in [0.29, 0.717) is 0 Å². The maximum absolute atomic E-state index is 11.1. The van der Waals surface area contributed by atoms with Gasteiger partial charge in [-0.25, -0.2) is 10.7 Å². The van der Waals surface area contributed by atoms with Crippen molar-refractivity contribution >= 4 is 5.97 Å². The third-order valence-electron chi connectivity index (χ3n) is 1.36. The summed E-state index contributed by atoms with van der Waals surface area (Å²) >= 11 is 0. The number of nitrogens with two attached hydrogens (primary N) is 1. The molecule has 5 heteroatoms. The first-order valence-corrected chi connectivity index (χ1v) is 3.40. The van der Waals surface area contributed by atoms with Gasteiger partial charge in [0.1, 0.15) is 6.61 Å². The zero-order chi connectivity index (χ0) is 9.61. The molecule has 0 fully saturated rings. The van der Waals surface area contributed by atoms with Crippen LogP contribution in [0.3, 0.4) is 0 Å². The molecule has 1 atom stereocenters. The highest BCUT2D eigenvalue weighted by atomic mass is 16.7. The van der Waals surface area contributed by atoms with Crippen LogP contribution in [-0.4, -0.2) is 29.9 Å². The molecule has 0 spiro atoms. The Balaban J connectivity index is 4.12. The summed E-state index contributed by atoms with van der Waals surface area (Å²) in [6.07, 6.45) is 1.23. The van der Waals surface area contributed by atoms with Gasteiger partial charge < -0.3 is 9.84 Å². The van der Waals surface area contributed by atoms with Gasteiger partial charge in [-0.3, -0.25) is 4.84 Å². The SMILES string of the molecule is C=CC(C)(ON)C(=O)OCCO. The molecule has 0 aromatic rings. The van der Waals surface area contributed by atoms with Gasteiger partial charge in [0, 0.05) is 0 Å². The molecule has 0 heterocycles. The molecule has 0 radical (unpaired) electrons. The largest absolute Gasteiger partial charge is 0.461 e. The van der Waals surface area contributed by atoms with Crippen LogP contribution >= 0.6 is 0 Å². The molecular weight excluding hydrogens is 162 g/mol. The first kappa shape index (κ1) is 11.1. The summed E-state index contributed by atoms with van der Waals surface area (Å²) in [5.41, 5.74) is -1.34. The van der Waals surface area contributed by atoms with Crippen LogP contribution in [0.25, 0.3) is 0 Å². The predicted octanol–water partition coefficient (Wildman–Crippen LogP) is -0.643. The second-order valence-electron chi connectivity index (χ2n) is 2.29. The fraction of sp³-hybridized carbons (Fsp3) is 0.571. The molecule has 5 nitrogen and oxygen atoms in total. The van der Waals surface area contributed by atoms with Gasteiger partial charge in [0.2, 0.25) is 5.60 Å². The van der Waals surface area contributed by atoms with E-state index in [9.17, 15) is 4.79 Å². The first-order chi connectivity index (χ1) is 5.60. The van der Waals surface area contributed by atoms with Gasteiger partial charge in [0.05, 0.1) is 6.61 Å². The zero-order valence-corrected chi connectivity index (χ0v) is 6.95. The van der Waals surface area contributed by atoms with Gasteiger partial charge in [-0.15, -0.1) is 0 Å². The Morgan fingerprint density at radius 1 is 1.83 bits per heavy atom. The molecule has 12 heavy (non-hydrogen) atoms. The van der Waals surface area contributed by atoms with Crippen molar-refractivity contribution in [2.45, 2.75) is 12.5 Å². The van der Waals surface area contributed by atoms with Crippen molar-refractivity contribution in [2.75, 3.05) is 13.2 Å². The minimum Gasteiger partial charge on any atom is -0.461 e. The number of ether oxygens (including phenoxy) is 1. The minimum absolute atomic E-state index is 0.0778. The summed E-state index contributed by atoms with van der Waals surface area (Å²) in [5, 5.41) is 8.35. The van der Waals surface area contributed by atoms with E-state index < -0.39 is 11.6 Å². The number of hydrogen-bond acceptors (Lipinski definition) is 5. The van der Waals surface area contributed by atoms with Gasteiger partial charge >= 0.3 is 5.97 Å². The smallest absolute Gasteiger partial charge is 0.344 e. The van der Waals surface area contributed by atoms with Crippen molar-refractivity contribution in [1.29, 1.82) is 0 Å². The maximum Gasteiger partial charge on any atom is 0.344 e. The van der Waals surface area contributed by atoms with Crippen LogP contribution in [0.2, 0.25) is 0 Å². The molecule has 0 bridgehead atoms. The van der Waals surface area contributed by atoms with E-state index in [-0.39, 0.29) is 13.2 Å². The number of aliphatic hydroxyl groups excluding tert-OH is 1. The highest BCUT2D eigenvalue weighted by Gasteiger charge is 2.32. The summed E-state index contributed by atoms with van der Waals surface area (Å²) in [7, 11) is 0. The lowest BCUT2D eigenvalue weighted by molar-refractivity contribution is -0.165. The number of rotatable bonds is 5. The average Bonchev–Trinajstić information content (AvgIpc) is 2.12. The molecule has 0 aromatic heterocycles. The quantitative estimate of drug-likeness (QED) is 0.330. The van der Waals surface area contributed by atoms with E-state index in [1.165, 1.54) is 13.0 Å². The number of aliphatic hydroxyl groups is 1. The topological polar surface area (TPSA) is 81.8 Å². The van der Waals surface area contributed by atoms with Crippen molar-refractivity contribution in [3.8, 4) is 0 Å². The molecule has 70 valence electrons. The van der Waals surface area contributed by atoms with Gasteiger partial charge in [-0.05, 0) is 13.0 Å². The molecule has 0 saturated heterocycles. The zero-order valence-electron chi connectivity index (χ0n) is 6.95. The molecule has 0 amide bonds. The standard InChI is InChI=1S/C7H13NO4/c1-3-7(2,12-8)6(10)11-5-4-9/h3,9H,1,4-5,8H2,2H3. The van der Waals surface area contributed by atoms with Crippen LogP contribution in [0.1, 0.15) is 6.92 Å². The molecule has 0 aromatic carbocycles. The molecule has 0 rings (SSSR count). The third kappa shape index (κ3) is 2.61. The fourth-order valence-electron chi connectivity index (χ4n) is 0.461. The van der Waals surface area contributed by atoms with Crippen molar-refractivity contribution in [3.05, 3.63) is 12.7 Å². The lowest BCUT2D eigenvalue weighted by Gasteiger charge is -2.19. The van der Waals surface area contributed by atoms with Crippen LogP contribution < -0.4 is 5.90 Å². The minimum atomic E-state index is -1.34. The third-order valence-corrected chi connectivity index (χ3v) is 1.36. The van der Waals surface area contributed by atoms with Crippen LogP contribution in [0.15, 0.2) is 12.7 Å². The number of esters is 1. The Morgan fingerprint density at radius 3 is 2.75 bits per heavy atom. The Morgan fingerprint density at radius 2 is 2.42 bits per heavy atom. The van der Waals surface area contributed by atoms with Gasteiger partial charge in [-0.2, -0.15) is 0 Å². The molecule has 0 aliphatic rings. The fourth-order valence-corrected chi connectivity index (χ4v) is 0.461. The van der Waals surface area contributed by atoms with Crippen molar-refractivity contribution < 1.29 is 19.5 Å².